The second kappa shape index (κ2) is 6.34. The minimum atomic E-state index is -0.466. The number of carbonyl (C=O) groups excluding carboxylic acids is 1. The van der Waals surface area contributed by atoms with Crippen molar-refractivity contribution in [2.24, 2.45) is 0 Å². The van der Waals surface area contributed by atoms with E-state index in [1.807, 2.05) is 26.1 Å². The molecule has 0 radical (unpaired) electrons. The summed E-state index contributed by atoms with van der Waals surface area (Å²) < 4.78 is 10.1. The summed E-state index contributed by atoms with van der Waals surface area (Å²) in [5.74, 6) is 0.451. The predicted octanol–water partition coefficient (Wildman–Crippen LogP) is 2.62. The third-order valence-corrected chi connectivity index (χ3v) is 3.19. The molecule has 0 bridgehead atoms. The van der Waals surface area contributed by atoms with Crippen LogP contribution in [0, 0.1) is 6.92 Å². The molecule has 2 heterocycles. The summed E-state index contributed by atoms with van der Waals surface area (Å²) >= 11 is 0. The number of pyridine rings is 1. The number of methoxy groups -OCH3 is 1. The monoisotopic (exact) mass is 274 g/mol. The van der Waals surface area contributed by atoms with Gasteiger partial charge in [-0.05, 0) is 43.2 Å². The lowest BCUT2D eigenvalue weighted by atomic mass is 10.1. The minimum Gasteiger partial charge on any atom is -0.463 e. The normalized spacial score (nSPS) is 12.2. The van der Waals surface area contributed by atoms with Crippen molar-refractivity contribution in [2.45, 2.75) is 26.4 Å². The van der Waals surface area contributed by atoms with Crippen LogP contribution in [0.2, 0.25) is 0 Å². The fraction of sp³-hybridized carbons (Fsp3) is 0.333. The van der Waals surface area contributed by atoms with Gasteiger partial charge >= 0.3 is 5.97 Å². The number of furan rings is 1. The molecule has 1 N–H and O–H groups in total. The molecule has 0 aliphatic heterocycles. The van der Waals surface area contributed by atoms with E-state index in [4.69, 9.17) is 4.42 Å². The number of hydrogen-bond acceptors (Lipinski definition) is 5. The van der Waals surface area contributed by atoms with Crippen LogP contribution in [0.15, 0.2) is 35.0 Å². The second-order valence-corrected chi connectivity index (χ2v) is 4.60. The zero-order valence-corrected chi connectivity index (χ0v) is 11.8. The van der Waals surface area contributed by atoms with Crippen molar-refractivity contribution in [1.29, 1.82) is 0 Å². The van der Waals surface area contributed by atoms with Crippen LogP contribution in [-0.2, 0) is 11.3 Å². The van der Waals surface area contributed by atoms with Crippen LogP contribution < -0.4 is 5.32 Å². The van der Waals surface area contributed by atoms with Crippen molar-refractivity contribution in [3.05, 3.63) is 53.2 Å². The van der Waals surface area contributed by atoms with Gasteiger partial charge in [0.25, 0.3) is 0 Å². The van der Waals surface area contributed by atoms with Gasteiger partial charge in [0.05, 0.1) is 13.2 Å². The molecule has 2 rings (SSSR count). The number of nitrogens with zero attached hydrogens (tertiary/aromatic N) is 1. The molecule has 5 nitrogen and oxygen atoms in total. The topological polar surface area (TPSA) is 64.4 Å². The van der Waals surface area contributed by atoms with Gasteiger partial charge in [0.15, 0.2) is 0 Å². The molecule has 0 aromatic carbocycles. The van der Waals surface area contributed by atoms with Gasteiger partial charge in [0.1, 0.15) is 5.76 Å². The van der Waals surface area contributed by atoms with Crippen LogP contribution in [0.1, 0.15) is 40.4 Å². The van der Waals surface area contributed by atoms with E-state index in [1.165, 1.54) is 12.7 Å². The number of rotatable bonds is 5. The highest BCUT2D eigenvalue weighted by atomic mass is 16.5. The van der Waals surface area contributed by atoms with E-state index in [0.29, 0.717) is 12.3 Å². The highest BCUT2D eigenvalue weighted by Gasteiger charge is 2.15. The van der Waals surface area contributed by atoms with Gasteiger partial charge in [-0.25, -0.2) is 4.79 Å². The van der Waals surface area contributed by atoms with Gasteiger partial charge in [-0.1, -0.05) is 0 Å². The number of hydrogen-bond donors (Lipinski definition) is 1. The van der Waals surface area contributed by atoms with Crippen LogP contribution in [0.4, 0.5) is 0 Å². The molecule has 1 atom stereocenters. The first-order valence-corrected chi connectivity index (χ1v) is 6.42. The Labute approximate surface area is 118 Å². The minimum absolute atomic E-state index is 0.00647. The smallest absolute Gasteiger partial charge is 0.373 e. The van der Waals surface area contributed by atoms with Crippen LogP contribution in [0.3, 0.4) is 0 Å². The molecule has 0 amide bonds. The fourth-order valence-corrected chi connectivity index (χ4v) is 1.84. The Hall–Kier alpha value is -2.14. The Morgan fingerprint density at radius 3 is 2.95 bits per heavy atom. The van der Waals surface area contributed by atoms with Crippen molar-refractivity contribution in [1.82, 2.24) is 10.3 Å². The molecule has 2 aromatic heterocycles. The maximum absolute atomic E-state index is 11.3. The van der Waals surface area contributed by atoms with E-state index in [1.54, 1.807) is 18.3 Å². The predicted molar refractivity (Wildman–Crippen MR) is 74.3 cm³/mol. The molecule has 2 aromatic rings. The first-order chi connectivity index (χ1) is 9.61. The first-order valence-electron chi connectivity index (χ1n) is 6.42. The van der Waals surface area contributed by atoms with E-state index in [-0.39, 0.29) is 11.8 Å². The van der Waals surface area contributed by atoms with E-state index in [9.17, 15) is 4.79 Å². The molecule has 0 spiro atoms. The van der Waals surface area contributed by atoms with Gasteiger partial charge < -0.3 is 14.5 Å². The van der Waals surface area contributed by atoms with Gasteiger partial charge in [0.2, 0.25) is 5.76 Å². The number of nitrogens with one attached hydrogen (secondary N) is 1. The van der Waals surface area contributed by atoms with Crippen LogP contribution in [-0.4, -0.2) is 18.1 Å². The van der Waals surface area contributed by atoms with E-state index in [0.717, 1.165) is 5.56 Å². The summed E-state index contributed by atoms with van der Waals surface area (Å²) in [7, 11) is 1.33. The molecule has 5 heteroatoms. The molecule has 1 unspecified atom stereocenters. The molecular weight excluding hydrogens is 256 g/mol. The lowest BCUT2D eigenvalue weighted by molar-refractivity contribution is 0.0562. The molecule has 0 aliphatic rings. The van der Waals surface area contributed by atoms with Crippen molar-refractivity contribution in [3.63, 3.8) is 0 Å². The molecule has 0 saturated heterocycles. The average Bonchev–Trinajstić information content (AvgIpc) is 2.95. The maximum atomic E-state index is 11.3. The second-order valence-electron chi connectivity index (χ2n) is 4.60. The Balaban J connectivity index is 1.98. The van der Waals surface area contributed by atoms with Crippen molar-refractivity contribution in [3.8, 4) is 0 Å². The third kappa shape index (κ3) is 3.24. The quantitative estimate of drug-likeness (QED) is 0.849. The van der Waals surface area contributed by atoms with Crippen molar-refractivity contribution in [2.75, 3.05) is 7.11 Å². The zero-order chi connectivity index (χ0) is 14.5. The maximum Gasteiger partial charge on any atom is 0.373 e. The van der Waals surface area contributed by atoms with Crippen molar-refractivity contribution >= 4 is 5.97 Å². The average molecular weight is 274 g/mol. The van der Waals surface area contributed by atoms with Crippen LogP contribution in [0.25, 0.3) is 0 Å². The first kappa shape index (κ1) is 14.3. The van der Waals surface area contributed by atoms with E-state index >= 15 is 0 Å². The molecular formula is C15H18N2O3. The number of carbonyl (C=O) groups is 1. The highest BCUT2D eigenvalue weighted by molar-refractivity contribution is 5.86. The molecule has 0 saturated carbocycles. The summed E-state index contributed by atoms with van der Waals surface area (Å²) in [6.45, 7) is 4.71. The lowest BCUT2D eigenvalue weighted by Crippen LogP contribution is -2.18. The third-order valence-electron chi connectivity index (χ3n) is 3.19. The van der Waals surface area contributed by atoms with E-state index < -0.39 is 5.97 Å². The SMILES string of the molecule is COC(=O)c1ccc(C(C)NCc2cnccc2C)o1. The molecule has 0 aliphatic carbocycles. The zero-order valence-electron chi connectivity index (χ0n) is 11.8. The largest absolute Gasteiger partial charge is 0.463 e. The number of aromatic nitrogens is 1. The molecule has 20 heavy (non-hydrogen) atoms. The molecule has 106 valence electrons. The van der Waals surface area contributed by atoms with E-state index in [2.05, 4.69) is 15.0 Å². The molecule has 0 fully saturated rings. The van der Waals surface area contributed by atoms with Gasteiger partial charge in [-0.3, -0.25) is 4.98 Å². The summed E-state index contributed by atoms with van der Waals surface area (Å²) in [5.41, 5.74) is 2.33. The highest BCUT2D eigenvalue weighted by Crippen LogP contribution is 2.17. The van der Waals surface area contributed by atoms with Gasteiger partial charge in [0, 0.05) is 18.9 Å². The summed E-state index contributed by atoms with van der Waals surface area (Å²) in [5, 5.41) is 3.34. The standard InChI is InChI=1S/C15H18N2O3/c1-10-6-7-16-8-12(10)9-17-11(2)13-4-5-14(20-13)15(18)19-3/h4-8,11,17H,9H2,1-3H3. The van der Waals surface area contributed by atoms with Crippen molar-refractivity contribution < 1.29 is 13.9 Å². The Morgan fingerprint density at radius 2 is 2.25 bits per heavy atom. The fourth-order valence-electron chi connectivity index (χ4n) is 1.84. The summed E-state index contributed by atoms with van der Waals surface area (Å²) in [6, 6.07) is 5.37. The number of ether oxygens (including phenoxy) is 1. The Bertz CT molecular complexity index is 592. The summed E-state index contributed by atoms with van der Waals surface area (Å²) in [4.78, 5) is 15.4. The van der Waals surface area contributed by atoms with Gasteiger partial charge in [-0.15, -0.1) is 0 Å². The Kier molecular flexibility index (Phi) is 4.53. The number of esters is 1. The lowest BCUT2D eigenvalue weighted by Gasteiger charge is -2.12. The Morgan fingerprint density at radius 1 is 1.45 bits per heavy atom. The van der Waals surface area contributed by atoms with Crippen LogP contribution >= 0.6 is 0 Å². The summed E-state index contributed by atoms with van der Waals surface area (Å²) in [6.07, 6.45) is 3.62. The number of aryl methyl sites for hydroxylation is 1. The van der Waals surface area contributed by atoms with Gasteiger partial charge in [-0.2, -0.15) is 0 Å². The van der Waals surface area contributed by atoms with Crippen LogP contribution in [0.5, 0.6) is 0 Å².